The van der Waals surface area contributed by atoms with Crippen molar-refractivity contribution >= 4 is 38.8 Å². The second-order valence-electron chi connectivity index (χ2n) is 8.35. The average molecular weight is 561 g/mol. The number of fused-ring (bicyclic) bond motifs is 2. The quantitative estimate of drug-likeness (QED) is 0.200. The van der Waals surface area contributed by atoms with Crippen LogP contribution in [0.5, 0.6) is 23.0 Å². The van der Waals surface area contributed by atoms with Gasteiger partial charge >= 0.3 is 0 Å². The molecule has 8 heteroatoms. The molecule has 5 rings (SSSR count). The van der Waals surface area contributed by atoms with E-state index in [0.29, 0.717) is 36.2 Å². The van der Waals surface area contributed by atoms with Gasteiger partial charge in [-0.3, -0.25) is 4.79 Å². The van der Waals surface area contributed by atoms with Gasteiger partial charge in [0.2, 0.25) is 12.7 Å². The van der Waals surface area contributed by atoms with Gasteiger partial charge in [-0.05, 0) is 74.6 Å². The molecule has 0 fully saturated rings. The van der Waals surface area contributed by atoms with E-state index in [4.69, 9.17) is 18.9 Å². The maximum Gasteiger partial charge on any atom is 0.244 e. The lowest BCUT2D eigenvalue weighted by atomic mass is 10.1. The van der Waals surface area contributed by atoms with E-state index in [1.54, 1.807) is 18.3 Å². The van der Waals surface area contributed by atoms with Crippen molar-refractivity contribution in [2.45, 2.75) is 20.0 Å². The van der Waals surface area contributed by atoms with E-state index in [1.165, 1.54) is 5.39 Å². The van der Waals surface area contributed by atoms with E-state index in [-0.39, 0.29) is 19.1 Å². The SMILES string of the molecule is CCOc1cc(/C=N\NC(=O)Cc2ccc3c(c2)OCO3)cc(Br)c1OCc1cccc2ccccc12. The fraction of sp³-hybridized carbons (Fsp3) is 0.172. The predicted molar refractivity (Wildman–Crippen MR) is 146 cm³/mol. The molecule has 0 atom stereocenters. The van der Waals surface area contributed by atoms with E-state index in [2.05, 4.69) is 50.7 Å². The first kappa shape index (κ1) is 24.6. The standard InChI is InChI=1S/C29H25BrN2O5/c1-2-34-27-14-20(16-31-32-28(33)15-19-10-11-25-26(13-19)37-18-36-25)12-24(30)29(27)35-17-22-8-5-7-21-6-3-4-9-23(21)22/h3-14,16H,2,15,17-18H2,1H3,(H,32,33)/b31-16-. The summed E-state index contributed by atoms with van der Waals surface area (Å²) in [4.78, 5) is 12.4. The van der Waals surface area contributed by atoms with Gasteiger partial charge in [-0.2, -0.15) is 5.10 Å². The van der Waals surface area contributed by atoms with Crippen LogP contribution < -0.4 is 24.4 Å². The Labute approximate surface area is 223 Å². The molecule has 0 bridgehead atoms. The number of halogens is 1. The van der Waals surface area contributed by atoms with Crippen molar-refractivity contribution in [1.29, 1.82) is 0 Å². The molecule has 0 unspecified atom stereocenters. The lowest BCUT2D eigenvalue weighted by molar-refractivity contribution is -0.120. The summed E-state index contributed by atoms with van der Waals surface area (Å²) in [5.74, 6) is 2.28. The number of nitrogens with zero attached hydrogens (tertiary/aromatic N) is 1. The molecular formula is C29H25BrN2O5. The normalized spacial score (nSPS) is 12.2. The van der Waals surface area contributed by atoms with Crippen molar-refractivity contribution in [3.05, 3.63) is 94.0 Å². The third-order valence-electron chi connectivity index (χ3n) is 5.79. The lowest BCUT2D eigenvalue weighted by Crippen LogP contribution is -2.19. The van der Waals surface area contributed by atoms with Crippen LogP contribution >= 0.6 is 15.9 Å². The van der Waals surface area contributed by atoms with Crippen molar-refractivity contribution in [2.24, 2.45) is 5.10 Å². The van der Waals surface area contributed by atoms with Crippen LogP contribution in [0.2, 0.25) is 0 Å². The lowest BCUT2D eigenvalue weighted by Gasteiger charge is -2.15. The number of carbonyl (C=O) groups is 1. The Morgan fingerprint density at radius 1 is 1.03 bits per heavy atom. The minimum absolute atomic E-state index is 0.169. The van der Waals surface area contributed by atoms with E-state index < -0.39 is 0 Å². The third-order valence-corrected chi connectivity index (χ3v) is 6.38. The molecule has 4 aromatic carbocycles. The molecule has 1 aliphatic rings. The molecule has 1 heterocycles. The third kappa shape index (κ3) is 5.86. The van der Waals surface area contributed by atoms with Gasteiger partial charge in [0.05, 0.1) is 23.7 Å². The van der Waals surface area contributed by atoms with Gasteiger partial charge in [-0.15, -0.1) is 0 Å². The number of hydrazone groups is 1. The molecule has 37 heavy (non-hydrogen) atoms. The van der Waals surface area contributed by atoms with E-state index in [9.17, 15) is 4.79 Å². The van der Waals surface area contributed by atoms with Gasteiger partial charge in [0.15, 0.2) is 23.0 Å². The molecule has 0 saturated heterocycles. The summed E-state index contributed by atoms with van der Waals surface area (Å²) in [6.45, 7) is 2.98. The van der Waals surface area contributed by atoms with Crippen LogP contribution in [0.1, 0.15) is 23.6 Å². The zero-order valence-electron chi connectivity index (χ0n) is 20.2. The van der Waals surface area contributed by atoms with Gasteiger partial charge in [-0.25, -0.2) is 5.43 Å². The number of carbonyl (C=O) groups excluding carboxylic acids is 1. The monoisotopic (exact) mass is 560 g/mol. The van der Waals surface area contributed by atoms with Crippen molar-refractivity contribution in [2.75, 3.05) is 13.4 Å². The highest BCUT2D eigenvalue weighted by molar-refractivity contribution is 9.10. The largest absolute Gasteiger partial charge is 0.490 e. The Hall–Kier alpha value is -4.04. The van der Waals surface area contributed by atoms with E-state index in [0.717, 1.165) is 26.5 Å². The maximum absolute atomic E-state index is 12.4. The molecule has 188 valence electrons. The van der Waals surface area contributed by atoms with Crippen LogP contribution in [0.15, 0.2) is 82.4 Å². The van der Waals surface area contributed by atoms with Crippen LogP contribution in [0.3, 0.4) is 0 Å². The van der Waals surface area contributed by atoms with Crippen molar-refractivity contribution in [3.8, 4) is 23.0 Å². The number of ether oxygens (including phenoxy) is 4. The highest BCUT2D eigenvalue weighted by atomic mass is 79.9. The minimum Gasteiger partial charge on any atom is -0.490 e. The second kappa shape index (κ2) is 11.3. The fourth-order valence-corrected chi connectivity index (χ4v) is 4.66. The Morgan fingerprint density at radius 3 is 2.76 bits per heavy atom. The van der Waals surface area contributed by atoms with Crippen LogP contribution in [0.4, 0.5) is 0 Å². The van der Waals surface area contributed by atoms with Crippen LogP contribution in [-0.4, -0.2) is 25.5 Å². The highest BCUT2D eigenvalue weighted by Crippen LogP contribution is 2.37. The molecule has 4 aromatic rings. The number of nitrogens with one attached hydrogen (secondary N) is 1. The number of benzene rings is 4. The molecule has 0 aliphatic carbocycles. The Bertz CT molecular complexity index is 1470. The fourth-order valence-electron chi connectivity index (χ4n) is 4.09. The summed E-state index contributed by atoms with van der Waals surface area (Å²) in [7, 11) is 0. The average Bonchev–Trinajstić information content (AvgIpc) is 3.36. The summed E-state index contributed by atoms with van der Waals surface area (Å²) in [5, 5.41) is 6.43. The van der Waals surface area contributed by atoms with Gasteiger partial charge < -0.3 is 18.9 Å². The van der Waals surface area contributed by atoms with Crippen molar-refractivity contribution in [3.63, 3.8) is 0 Å². The highest BCUT2D eigenvalue weighted by Gasteiger charge is 2.15. The Kier molecular flexibility index (Phi) is 7.56. The van der Waals surface area contributed by atoms with Crippen molar-refractivity contribution in [1.82, 2.24) is 5.43 Å². The Morgan fingerprint density at radius 2 is 1.86 bits per heavy atom. The topological polar surface area (TPSA) is 78.4 Å². The molecule has 1 amide bonds. The Balaban J connectivity index is 1.25. The first-order valence-corrected chi connectivity index (χ1v) is 12.7. The van der Waals surface area contributed by atoms with Gasteiger partial charge in [0, 0.05) is 0 Å². The van der Waals surface area contributed by atoms with Crippen LogP contribution in [-0.2, 0) is 17.8 Å². The summed E-state index contributed by atoms with van der Waals surface area (Å²) >= 11 is 3.60. The van der Waals surface area contributed by atoms with Gasteiger partial charge in [-0.1, -0.05) is 48.5 Å². The van der Waals surface area contributed by atoms with E-state index >= 15 is 0 Å². The summed E-state index contributed by atoms with van der Waals surface area (Å²) in [6, 6.07) is 23.5. The minimum atomic E-state index is -0.241. The smallest absolute Gasteiger partial charge is 0.244 e. The van der Waals surface area contributed by atoms with Crippen LogP contribution in [0, 0.1) is 0 Å². The number of hydrogen-bond donors (Lipinski definition) is 1. The number of rotatable bonds is 9. The molecule has 0 radical (unpaired) electrons. The summed E-state index contributed by atoms with van der Waals surface area (Å²) in [6.07, 6.45) is 1.74. The predicted octanol–water partition coefficient (Wildman–Crippen LogP) is 6.00. The number of amides is 1. The molecular weight excluding hydrogens is 536 g/mol. The van der Waals surface area contributed by atoms with Crippen LogP contribution in [0.25, 0.3) is 10.8 Å². The molecule has 0 aromatic heterocycles. The van der Waals surface area contributed by atoms with Gasteiger partial charge in [0.1, 0.15) is 6.61 Å². The zero-order chi connectivity index (χ0) is 25.6. The maximum atomic E-state index is 12.4. The second-order valence-corrected chi connectivity index (χ2v) is 9.20. The van der Waals surface area contributed by atoms with Crippen molar-refractivity contribution < 1.29 is 23.7 Å². The molecule has 1 aliphatic heterocycles. The summed E-state index contributed by atoms with van der Waals surface area (Å²) in [5.41, 5.74) is 5.21. The summed E-state index contributed by atoms with van der Waals surface area (Å²) < 4.78 is 23.5. The zero-order valence-corrected chi connectivity index (χ0v) is 21.8. The first-order valence-electron chi connectivity index (χ1n) is 11.9. The molecule has 7 nitrogen and oxygen atoms in total. The number of hydrogen-bond acceptors (Lipinski definition) is 6. The molecule has 1 N–H and O–H groups in total. The van der Waals surface area contributed by atoms with Gasteiger partial charge in [0.25, 0.3) is 0 Å². The van der Waals surface area contributed by atoms with E-state index in [1.807, 2.05) is 43.3 Å². The molecule has 0 spiro atoms. The molecule has 0 saturated carbocycles. The first-order chi connectivity index (χ1) is 18.1.